The van der Waals surface area contributed by atoms with Gasteiger partial charge in [-0.15, -0.1) is 11.3 Å². The van der Waals surface area contributed by atoms with Crippen molar-refractivity contribution in [2.24, 2.45) is 5.92 Å². The third-order valence-electron chi connectivity index (χ3n) is 4.12. The number of rotatable bonds is 5. The topological polar surface area (TPSA) is 15.3 Å². The Morgan fingerprint density at radius 1 is 1.32 bits per heavy atom. The zero-order valence-electron chi connectivity index (χ0n) is 13.0. The van der Waals surface area contributed by atoms with E-state index in [1.807, 2.05) is 0 Å². The highest BCUT2D eigenvalue weighted by Crippen LogP contribution is 2.31. The average Bonchev–Trinajstić information content (AvgIpc) is 3.15. The third kappa shape index (κ3) is 3.25. The molecule has 3 heteroatoms. The standard InChI is InChI=1S/C19H22N2S/c1-14-6-8-18(9-7-14)21-13-17(11-15(21)2)12-20-16(3)19-5-4-10-22-19/h4-10,17,20H,2-3,11-13H2,1H3. The second-order valence-electron chi connectivity index (χ2n) is 5.92. The normalized spacial score (nSPS) is 17.8. The average molecular weight is 310 g/mol. The van der Waals surface area contributed by atoms with Gasteiger partial charge in [-0.2, -0.15) is 0 Å². The molecule has 1 fully saturated rings. The monoisotopic (exact) mass is 310 g/mol. The van der Waals surface area contributed by atoms with E-state index in [9.17, 15) is 0 Å². The highest BCUT2D eigenvalue weighted by atomic mass is 32.1. The Bertz CT molecular complexity index is 655. The molecule has 3 rings (SSSR count). The van der Waals surface area contributed by atoms with E-state index in [0.717, 1.165) is 25.2 Å². The Morgan fingerprint density at radius 3 is 2.77 bits per heavy atom. The summed E-state index contributed by atoms with van der Waals surface area (Å²) in [6, 6.07) is 12.8. The van der Waals surface area contributed by atoms with Crippen LogP contribution in [0.5, 0.6) is 0 Å². The van der Waals surface area contributed by atoms with Gasteiger partial charge in [-0.3, -0.25) is 0 Å². The maximum absolute atomic E-state index is 4.24. The Balaban J connectivity index is 1.58. The second kappa shape index (κ2) is 6.41. The fourth-order valence-corrected chi connectivity index (χ4v) is 3.52. The van der Waals surface area contributed by atoms with Crippen molar-refractivity contribution in [3.63, 3.8) is 0 Å². The fourth-order valence-electron chi connectivity index (χ4n) is 2.85. The molecule has 114 valence electrons. The van der Waals surface area contributed by atoms with Gasteiger partial charge >= 0.3 is 0 Å². The lowest BCUT2D eigenvalue weighted by molar-refractivity contribution is 0.573. The number of benzene rings is 1. The number of allylic oxidation sites excluding steroid dienone is 1. The van der Waals surface area contributed by atoms with Gasteiger partial charge < -0.3 is 10.2 Å². The van der Waals surface area contributed by atoms with Crippen molar-refractivity contribution in [3.8, 4) is 0 Å². The van der Waals surface area contributed by atoms with Crippen LogP contribution in [-0.2, 0) is 0 Å². The summed E-state index contributed by atoms with van der Waals surface area (Å²) in [5.41, 5.74) is 4.76. The van der Waals surface area contributed by atoms with Crippen LogP contribution in [-0.4, -0.2) is 13.1 Å². The Hall–Kier alpha value is -2.00. The minimum Gasteiger partial charge on any atom is -0.384 e. The molecule has 0 bridgehead atoms. The van der Waals surface area contributed by atoms with E-state index in [4.69, 9.17) is 0 Å². The van der Waals surface area contributed by atoms with Crippen molar-refractivity contribution in [2.45, 2.75) is 13.3 Å². The van der Waals surface area contributed by atoms with E-state index < -0.39 is 0 Å². The molecule has 2 heterocycles. The van der Waals surface area contributed by atoms with Crippen LogP contribution >= 0.6 is 11.3 Å². The molecule has 1 N–H and O–H groups in total. The van der Waals surface area contributed by atoms with Crippen molar-refractivity contribution < 1.29 is 0 Å². The molecule has 1 aromatic heterocycles. The molecule has 1 aliphatic rings. The molecule has 2 aromatic rings. The van der Waals surface area contributed by atoms with E-state index in [-0.39, 0.29) is 0 Å². The fraction of sp³-hybridized carbons (Fsp3) is 0.263. The first-order chi connectivity index (χ1) is 10.6. The Kier molecular flexibility index (Phi) is 4.34. The SMILES string of the molecule is C=C(NCC1CC(=C)N(c2ccc(C)cc2)C1)c1cccs1. The van der Waals surface area contributed by atoms with Crippen LogP contribution in [0.25, 0.3) is 5.70 Å². The molecule has 0 saturated carbocycles. The molecule has 1 aliphatic heterocycles. The summed E-state index contributed by atoms with van der Waals surface area (Å²) in [6.45, 7) is 12.4. The first-order valence-electron chi connectivity index (χ1n) is 7.62. The number of nitrogens with one attached hydrogen (secondary N) is 1. The minimum absolute atomic E-state index is 0.575. The minimum atomic E-state index is 0.575. The van der Waals surface area contributed by atoms with Crippen LogP contribution in [0.3, 0.4) is 0 Å². The molecule has 1 saturated heterocycles. The molecule has 1 unspecified atom stereocenters. The quantitative estimate of drug-likeness (QED) is 0.864. The lowest BCUT2D eigenvalue weighted by Gasteiger charge is -2.20. The Morgan fingerprint density at radius 2 is 2.09 bits per heavy atom. The first kappa shape index (κ1) is 14.9. The van der Waals surface area contributed by atoms with Crippen LogP contribution in [0.1, 0.15) is 16.9 Å². The molecule has 0 radical (unpaired) electrons. The Labute approximate surface area is 136 Å². The van der Waals surface area contributed by atoms with Gasteiger partial charge in [-0.25, -0.2) is 0 Å². The summed E-state index contributed by atoms with van der Waals surface area (Å²) in [7, 11) is 0. The van der Waals surface area contributed by atoms with Gasteiger partial charge in [0.05, 0.1) is 0 Å². The number of thiophene rings is 1. The van der Waals surface area contributed by atoms with Crippen molar-refractivity contribution in [1.82, 2.24) is 5.32 Å². The van der Waals surface area contributed by atoms with Gasteiger partial charge in [0, 0.05) is 35.0 Å². The van der Waals surface area contributed by atoms with Crippen LogP contribution in [0, 0.1) is 12.8 Å². The lowest BCUT2D eigenvalue weighted by Crippen LogP contribution is -2.25. The van der Waals surface area contributed by atoms with Gasteiger partial charge in [0.1, 0.15) is 0 Å². The zero-order chi connectivity index (χ0) is 15.5. The molecular weight excluding hydrogens is 288 g/mol. The number of anilines is 1. The van der Waals surface area contributed by atoms with Crippen molar-refractivity contribution in [1.29, 1.82) is 0 Å². The molecular formula is C19H22N2S. The summed E-state index contributed by atoms with van der Waals surface area (Å²) in [5.74, 6) is 0.575. The van der Waals surface area contributed by atoms with Crippen molar-refractivity contribution in [3.05, 3.63) is 71.1 Å². The molecule has 1 atom stereocenters. The predicted molar refractivity (Wildman–Crippen MR) is 97.1 cm³/mol. The summed E-state index contributed by atoms with van der Waals surface area (Å²) in [4.78, 5) is 3.55. The zero-order valence-corrected chi connectivity index (χ0v) is 13.8. The molecule has 22 heavy (non-hydrogen) atoms. The second-order valence-corrected chi connectivity index (χ2v) is 6.87. The summed E-state index contributed by atoms with van der Waals surface area (Å²) < 4.78 is 0. The highest BCUT2D eigenvalue weighted by molar-refractivity contribution is 7.11. The van der Waals surface area contributed by atoms with Gasteiger partial charge in [0.2, 0.25) is 0 Å². The first-order valence-corrected chi connectivity index (χ1v) is 8.50. The number of hydrogen-bond acceptors (Lipinski definition) is 3. The largest absolute Gasteiger partial charge is 0.384 e. The lowest BCUT2D eigenvalue weighted by atomic mass is 10.1. The van der Waals surface area contributed by atoms with Crippen LogP contribution in [0.4, 0.5) is 5.69 Å². The van der Waals surface area contributed by atoms with Crippen LogP contribution in [0.2, 0.25) is 0 Å². The molecule has 0 aliphatic carbocycles. The highest BCUT2D eigenvalue weighted by Gasteiger charge is 2.26. The van der Waals surface area contributed by atoms with Crippen LogP contribution in [0.15, 0.2) is 60.6 Å². The third-order valence-corrected chi connectivity index (χ3v) is 5.04. The molecule has 0 spiro atoms. The maximum Gasteiger partial charge on any atom is 0.0495 e. The summed E-state index contributed by atoms with van der Waals surface area (Å²) >= 11 is 1.72. The number of hydrogen-bond donors (Lipinski definition) is 1. The number of nitrogens with zero attached hydrogens (tertiary/aromatic N) is 1. The van der Waals surface area contributed by atoms with E-state index in [1.165, 1.54) is 21.8 Å². The summed E-state index contributed by atoms with van der Waals surface area (Å²) in [5, 5.41) is 5.56. The number of aryl methyl sites for hydroxylation is 1. The molecule has 2 nitrogen and oxygen atoms in total. The van der Waals surface area contributed by atoms with Crippen molar-refractivity contribution in [2.75, 3.05) is 18.0 Å². The van der Waals surface area contributed by atoms with Crippen LogP contribution < -0.4 is 10.2 Å². The maximum atomic E-state index is 4.24. The van der Waals surface area contributed by atoms with E-state index in [2.05, 4.69) is 72.1 Å². The van der Waals surface area contributed by atoms with Crippen molar-refractivity contribution >= 4 is 22.7 Å². The van der Waals surface area contributed by atoms with E-state index >= 15 is 0 Å². The smallest absolute Gasteiger partial charge is 0.0495 e. The van der Waals surface area contributed by atoms with Gasteiger partial charge in [0.15, 0.2) is 0 Å². The molecule has 1 aromatic carbocycles. The van der Waals surface area contributed by atoms with Gasteiger partial charge in [-0.1, -0.05) is 36.9 Å². The van der Waals surface area contributed by atoms with E-state index in [1.54, 1.807) is 11.3 Å². The predicted octanol–water partition coefficient (Wildman–Crippen LogP) is 4.66. The molecule has 0 amide bonds. The summed E-state index contributed by atoms with van der Waals surface area (Å²) in [6.07, 6.45) is 1.04. The van der Waals surface area contributed by atoms with E-state index in [0.29, 0.717) is 5.92 Å². The van der Waals surface area contributed by atoms with Gasteiger partial charge in [-0.05, 0) is 42.8 Å². The van der Waals surface area contributed by atoms with Gasteiger partial charge in [0.25, 0.3) is 0 Å².